The van der Waals surface area contributed by atoms with Gasteiger partial charge in [-0.15, -0.1) is 0 Å². The fraction of sp³-hybridized carbons (Fsp3) is 0.786. The van der Waals surface area contributed by atoms with E-state index in [1.54, 1.807) is 0 Å². The third kappa shape index (κ3) is 3.32. The minimum Gasteiger partial charge on any atom is -0.351 e. The second-order valence-corrected chi connectivity index (χ2v) is 5.90. The van der Waals surface area contributed by atoms with Gasteiger partial charge in [0.2, 0.25) is 17.2 Å². The van der Waals surface area contributed by atoms with Crippen molar-refractivity contribution in [3.8, 4) is 0 Å². The van der Waals surface area contributed by atoms with Crippen molar-refractivity contribution >= 4 is 23.5 Å². The molecule has 0 aromatic carbocycles. The summed E-state index contributed by atoms with van der Waals surface area (Å²) < 4.78 is 0. The van der Waals surface area contributed by atoms with Crippen LogP contribution in [0.25, 0.3) is 0 Å². The van der Waals surface area contributed by atoms with Crippen molar-refractivity contribution in [3.63, 3.8) is 0 Å². The molecule has 2 rings (SSSR count). The molecular weight excluding hydrogens is 274 g/mol. The van der Waals surface area contributed by atoms with Gasteiger partial charge in [0, 0.05) is 19.1 Å². The lowest BCUT2D eigenvalue weighted by Crippen LogP contribution is -2.28. The molecular formula is C14H24ClN5. The van der Waals surface area contributed by atoms with Crippen LogP contribution in [0.2, 0.25) is 5.28 Å². The molecule has 3 atom stereocenters. The van der Waals surface area contributed by atoms with Gasteiger partial charge in [-0.2, -0.15) is 15.0 Å². The van der Waals surface area contributed by atoms with Crippen LogP contribution >= 0.6 is 11.6 Å². The zero-order valence-electron chi connectivity index (χ0n) is 12.7. The average Bonchev–Trinajstić information content (AvgIpc) is 2.72. The molecule has 1 heterocycles. The summed E-state index contributed by atoms with van der Waals surface area (Å²) in [6.45, 7) is 10.4. The van der Waals surface area contributed by atoms with E-state index in [4.69, 9.17) is 11.6 Å². The molecule has 1 fully saturated rings. The van der Waals surface area contributed by atoms with Crippen LogP contribution in [0.4, 0.5) is 11.9 Å². The Morgan fingerprint density at radius 1 is 1.15 bits per heavy atom. The normalized spacial score (nSPS) is 25.8. The average molecular weight is 298 g/mol. The number of aromatic nitrogens is 3. The summed E-state index contributed by atoms with van der Waals surface area (Å²) in [6.07, 6.45) is 2.41. The molecule has 3 unspecified atom stereocenters. The molecule has 0 amide bonds. The Kier molecular flexibility index (Phi) is 5.02. The maximum atomic E-state index is 6.03. The monoisotopic (exact) mass is 297 g/mol. The molecule has 0 aliphatic heterocycles. The fourth-order valence-electron chi connectivity index (χ4n) is 2.79. The van der Waals surface area contributed by atoms with Crippen LogP contribution in [0.3, 0.4) is 0 Å². The van der Waals surface area contributed by atoms with Crippen LogP contribution in [-0.2, 0) is 0 Å². The van der Waals surface area contributed by atoms with Gasteiger partial charge in [0.15, 0.2) is 0 Å². The Morgan fingerprint density at radius 3 is 2.40 bits per heavy atom. The highest BCUT2D eigenvalue weighted by Crippen LogP contribution is 2.32. The van der Waals surface area contributed by atoms with Crippen molar-refractivity contribution in [2.75, 3.05) is 23.3 Å². The molecule has 6 heteroatoms. The van der Waals surface area contributed by atoms with Crippen molar-refractivity contribution in [2.24, 2.45) is 11.8 Å². The molecule has 0 saturated heterocycles. The molecule has 1 aliphatic rings. The quantitative estimate of drug-likeness (QED) is 0.904. The van der Waals surface area contributed by atoms with Gasteiger partial charge in [-0.1, -0.05) is 13.8 Å². The van der Waals surface area contributed by atoms with Crippen LogP contribution < -0.4 is 10.2 Å². The lowest BCUT2D eigenvalue weighted by molar-refractivity contribution is 0.434. The number of hydrogen-bond acceptors (Lipinski definition) is 5. The highest BCUT2D eigenvalue weighted by Gasteiger charge is 2.30. The van der Waals surface area contributed by atoms with Gasteiger partial charge in [0.05, 0.1) is 0 Å². The van der Waals surface area contributed by atoms with Crippen molar-refractivity contribution in [2.45, 2.75) is 46.6 Å². The predicted molar refractivity (Wildman–Crippen MR) is 83.4 cm³/mol. The SMILES string of the molecule is CCN(CC)c1nc(Cl)nc(NC2CCC(C)C2C)n1. The van der Waals surface area contributed by atoms with Crippen LogP contribution in [0.1, 0.15) is 40.5 Å². The summed E-state index contributed by atoms with van der Waals surface area (Å²) in [5, 5.41) is 3.68. The molecule has 112 valence electrons. The van der Waals surface area contributed by atoms with Gasteiger partial charge in [-0.25, -0.2) is 0 Å². The fourth-order valence-corrected chi connectivity index (χ4v) is 2.94. The maximum absolute atomic E-state index is 6.03. The van der Waals surface area contributed by atoms with Crippen molar-refractivity contribution < 1.29 is 0 Å². The van der Waals surface area contributed by atoms with Crippen LogP contribution in [0, 0.1) is 11.8 Å². The number of anilines is 2. The van der Waals surface area contributed by atoms with Gasteiger partial charge in [0.25, 0.3) is 0 Å². The van der Waals surface area contributed by atoms with Crippen molar-refractivity contribution in [3.05, 3.63) is 5.28 Å². The van der Waals surface area contributed by atoms with E-state index < -0.39 is 0 Å². The molecule has 0 bridgehead atoms. The minimum absolute atomic E-state index is 0.253. The van der Waals surface area contributed by atoms with E-state index in [1.165, 1.54) is 6.42 Å². The van der Waals surface area contributed by atoms with E-state index >= 15 is 0 Å². The standard InChI is InChI=1S/C14H24ClN5/c1-5-20(6-2)14-18-12(15)17-13(19-14)16-11-8-7-9(3)10(11)4/h9-11H,5-8H2,1-4H3,(H,16,17,18,19). The number of nitrogens with one attached hydrogen (secondary N) is 1. The lowest BCUT2D eigenvalue weighted by Gasteiger charge is -2.22. The summed E-state index contributed by atoms with van der Waals surface area (Å²) in [5.74, 6) is 2.61. The molecule has 1 aromatic heterocycles. The van der Waals surface area contributed by atoms with Crippen LogP contribution in [-0.4, -0.2) is 34.1 Å². The van der Waals surface area contributed by atoms with E-state index in [9.17, 15) is 0 Å². The number of hydrogen-bond donors (Lipinski definition) is 1. The lowest BCUT2D eigenvalue weighted by atomic mass is 9.98. The van der Waals surface area contributed by atoms with Gasteiger partial charge >= 0.3 is 0 Å². The topological polar surface area (TPSA) is 53.9 Å². The molecule has 1 aromatic rings. The number of rotatable bonds is 5. The Bertz CT molecular complexity index is 449. The van der Waals surface area contributed by atoms with Crippen LogP contribution in [0.5, 0.6) is 0 Å². The summed E-state index contributed by atoms with van der Waals surface area (Å²) in [7, 11) is 0. The Hall–Kier alpha value is -1.10. The summed E-state index contributed by atoms with van der Waals surface area (Å²) in [4.78, 5) is 15.0. The van der Waals surface area contributed by atoms with E-state index in [0.717, 1.165) is 25.4 Å². The van der Waals surface area contributed by atoms with Crippen molar-refractivity contribution in [1.82, 2.24) is 15.0 Å². The van der Waals surface area contributed by atoms with E-state index in [0.29, 0.717) is 23.9 Å². The molecule has 0 radical (unpaired) electrons. The highest BCUT2D eigenvalue weighted by atomic mass is 35.5. The Labute approximate surface area is 126 Å². The molecule has 20 heavy (non-hydrogen) atoms. The first kappa shape index (κ1) is 15.3. The summed E-state index contributed by atoms with van der Waals surface area (Å²) in [5.41, 5.74) is 0. The summed E-state index contributed by atoms with van der Waals surface area (Å²) >= 11 is 6.03. The van der Waals surface area contributed by atoms with Gasteiger partial charge < -0.3 is 10.2 Å². The van der Waals surface area contributed by atoms with Gasteiger partial charge in [-0.3, -0.25) is 0 Å². The summed E-state index contributed by atoms with van der Waals surface area (Å²) in [6, 6.07) is 0.424. The smallest absolute Gasteiger partial charge is 0.231 e. The third-order valence-electron chi connectivity index (χ3n) is 4.42. The van der Waals surface area contributed by atoms with Crippen LogP contribution in [0.15, 0.2) is 0 Å². The third-order valence-corrected chi connectivity index (χ3v) is 4.59. The number of halogens is 1. The predicted octanol–water partition coefficient (Wildman–Crippen LogP) is 3.22. The maximum Gasteiger partial charge on any atom is 0.231 e. The Balaban J connectivity index is 2.16. The Morgan fingerprint density at radius 2 is 1.85 bits per heavy atom. The second-order valence-electron chi connectivity index (χ2n) is 5.56. The molecule has 0 spiro atoms. The second kappa shape index (κ2) is 6.57. The molecule has 1 N–H and O–H groups in total. The van der Waals surface area contributed by atoms with Gasteiger partial charge in [0.1, 0.15) is 0 Å². The van der Waals surface area contributed by atoms with E-state index in [1.807, 2.05) is 0 Å². The van der Waals surface area contributed by atoms with Gasteiger partial charge in [-0.05, 0) is 50.1 Å². The zero-order valence-corrected chi connectivity index (χ0v) is 13.5. The number of nitrogens with zero attached hydrogens (tertiary/aromatic N) is 4. The molecule has 5 nitrogen and oxygen atoms in total. The van der Waals surface area contributed by atoms with E-state index in [-0.39, 0.29) is 5.28 Å². The largest absolute Gasteiger partial charge is 0.351 e. The zero-order chi connectivity index (χ0) is 14.7. The first-order chi connectivity index (χ1) is 9.55. The molecule has 1 aliphatic carbocycles. The first-order valence-electron chi connectivity index (χ1n) is 7.48. The highest BCUT2D eigenvalue weighted by molar-refractivity contribution is 6.28. The minimum atomic E-state index is 0.253. The van der Waals surface area contributed by atoms with Crippen molar-refractivity contribution in [1.29, 1.82) is 0 Å². The first-order valence-corrected chi connectivity index (χ1v) is 7.86. The molecule has 1 saturated carbocycles. The van der Waals surface area contributed by atoms with E-state index in [2.05, 4.69) is 52.9 Å².